The van der Waals surface area contributed by atoms with Crippen LogP contribution in [-0.2, 0) is 13.1 Å². The van der Waals surface area contributed by atoms with Gasteiger partial charge >= 0.3 is 11.7 Å². The highest BCUT2D eigenvalue weighted by Crippen LogP contribution is 2.26. The maximum absolute atomic E-state index is 12.4. The topological polar surface area (TPSA) is 93.2 Å². The molecular weight excluding hydrogens is 274 g/mol. The summed E-state index contributed by atoms with van der Waals surface area (Å²) in [5.74, 6) is 0.947. The molecule has 0 unspecified atom stereocenters. The zero-order valence-corrected chi connectivity index (χ0v) is 11.2. The Hall–Kier alpha value is -3.08. The first-order chi connectivity index (χ1) is 10.2. The fraction of sp³-hybridized carbons (Fsp3) is 0.231. The smallest absolute Gasteiger partial charge is 0.365 e. The maximum Gasteiger partial charge on any atom is 0.365 e. The number of ether oxygens (including phenoxy) is 1. The van der Waals surface area contributed by atoms with E-state index in [4.69, 9.17) is 10.00 Å². The Kier molecular flexibility index (Phi) is 2.95. The van der Waals surface area contributed by atoms with Crippen molar-refractivity contribution in [3.63, 3.8) is 0 Å². The highest BCUT2D eigenvalue weighted by Gasteiger charge is 2.33. The minimum Gasteiger partial charge on any atom is -0.497 e. The van der Waals surface area contributed by atoms with Crippen molar-refractivity contribution in [2.45, 2.75) is 13.1 Å². The fourth-order valence-corrected chi connectivity index (χ4v) is 2.27. The van der Waals surface area contributed by atoms with E-state index in [1.165, 1.54) is 4.90 Å². The first kappa shape index (κ1) is 12.9. The fourth-order valence-electron chi connectivity index (χ4n) is 2.27. The molecule has 0 bridgehead atoms. The predicted molar refractivity (Wildman–Crippen MR) is 72.1 cm³/mol. The van der Waals surface area contributed by atoms with Crippen LogP contribution in [-0.4, -0.2) is 27.5 Å². The summed E-state index contributed by atoms with van der Waals surface area (Å²) in [5, 5.41) is 8.74. The number of carbonyl (C=O) groups is 1. The summed E-state index contributed by atoms with van der Waals surface area (Å²) in [4.78, 5) is 29.3. The van der Waals surface area contributed by atoms with Gasteiger partial charge in [0.15, 0.2) is 5.82 Å². The Bertz CT molecular complexity index is 814. The molecule has 21 heavy (non-hydrogen) atoms. The summed E-state index contributed by atoms with van der Waals surface area (Å²) >= 11 is 0. The summed E-state index contributed by atoms with van der Waals surface area (Å²) in [6.45, 7) is -0.0385. The van der Waals surface area contributed by atoms with Crippen LogP contribution in [0.5, 0.6) is 5.75 Å². The number of aromatic nitrogens is 3. The van der Waals surface area contributed by atoms with Gasteiger partial charge in [-0.3, -0.25) is 4.90 Å². The molecule has 1 aliphatic heterocycles. The first-order valence-corrected chi connectivity index (χ1v) is 6.17. The van der Waals surface area contributed by atoms with Gasteiger partial charge in [0.2, 0.25) is 0 Å². The third-order valence-corrected chi connectivity index (χ3v) is 3.23. The van der Waals surface area contributed by atoms with Crippen LogP contribution in [0.1, 0.15) is 5.82 Å². The molecule has 8 nitrogen and oxygen atoms in total. The average Bonchev–Trinajstić information content (AvgIpc) is 2.97. The van der Waals surface area contributed by atoms with E-state index in [9.17, 15) is 9.59 Å². The van der Waals surface area contributed by atoms with E-state index in [2.05, 4.69) is 4.98 Å². The van der Waals surface area contributed by atoms with E-state index < -0.39 is 11.7 Å². The molecule has 1 aliphatic rings. The van der Waals surface area contributed by atoms with E-state index in [-0.39, 0.29) is 13.1 Å². The van der Waals surface area contributed by atoms with Crippen molar-refractivity contribution >= 4 is 11.7 Å². The van der Waals surface area contributed by atoms with Crippen LogP contribution < -0.4 is 15.3 Å². The summed E-state index contributed by atoms with van der Waals surface area (Å²) in [7, 11) is 1.54. The number of anilines is 1. The van der Waals surface area contributed by atoms with Crippen LogP contribution in [0.2, 0.25) is 0 Å². The number of fused-ring (bicyclic) bond motifs is 1. The van der Waals surface area contributed by atoms with Gasteiger partial charge in [0.1, 0.15) is 12.3 Å². The second kappa shape index (κ2) is 4.79. The van der Waals surface area contributed by atoms with Crippen molar-refractivity contribution in [2.75, 3.05) is 12.0 Å². The Balaban J connectivity index is 2.01. The summed E-state index contributed by atoms with van der Waals surface area (Å²) < 4.78 is 7.30. The molecule has 0 fully saturated rings. The number of methoxy groups -OCH3 is 1. The zero-order valence-electron chi connectivity index (χ0n) is 11.2. The highest BCUT2D eigenvalue weighted by molar-refractivity contribution is 5.95. The molecule has 2 aromatic rings. The summed E-state index contributed by atoms with van der Waals surface area (Å²) in [6.07, 6.45) is 0. The number of carbonyl (C=O) groups excluding carboxylic acids is 1. The Morgan fingerprint density at radius 2 is 2.24 bits per heavy atom. The number of benzene rings is 1. The number of rotatable bonds is 3. The summed E-state index contributed by atoms with van der Waals surface area (Å²) in [6, 6.07) is 8.46. The molecular formula is C13H11N5O3. The molecule has 3 rings (SSSR count). The first-order valence-electron chi connectivity index (χ1n) is 6.17. The zero-order chi connectivity index (χ0) is 15.0. The Morgan fingerprint density at radius 3 is 2.95 bits per heavy atom. The molecule has 0 atom stereocenters. The SMILES string of the molecule is COc1cccc(N2Cc3nc(=O)n(CC#N)n3C2=O)c1. The van der Waals surface area contributed by atoms with E-state index in [0.717, 1.165) is 9.36 Å². The molecule has 0 spiro atoms. The third kappa shape index (κ3) is 1.95. The molecule has 0 aliphatic carbocycles. The molecule has 1 aromatic heterocycles. The standard InChI is InChI=1S/C13H11N5O3/c1-21-10-4-2-3-9(7-10)16-8-11-15-12(19)17(6-5-14)18(11)13(16)20/h2-4,7H,6,8H2,1H3. The van der Waals surface area contributed by atoms with E-state index in [1.807, 2.05) is 6.07 Å². The van der Waals surface area contributed by atoms with E-state index in [1.54, 1.807) is 31.4 Å². The molecule has 8 heteroatoms. The lowest BCUT2D eigenvalue weighted by Crippen LogP contribution is -2.33. The number of amides is 1. The Labute approximate surface area is 119 Å². The largest absolute Gasteiger partial charge is 0.497 e. The van der Waals surface area contributed by atoms with Crippen LogP contribution in [0.15, 0.2) is 29.1 Å². The molecule has 106 valence electrons. The number of nitrogens with zero attached hydrogens (tertiary/aromatic N) is 5. The third-order valence-electron chi connectivity index (χ3n) is 3.23. The normalized spacial score (nSPS) is 13.1. The van der Waals surface area contributed by atoms with Gasteiger partial charge in [0.25, 0.3) is 0 Å². The number of nitriles is 1. The van der Waals surface area contributed by atoms with Gasteiger partial charge < -0.3 is 4.74 Å². The summed E-state index contributed by atoms with van der Waals surface area (Å²) in [5.41, 5.74) is 0.0472. The number of hydrogen-bond donors (Lipinski definition) is 0. The van der Waals surface area contributed by atoms with Gasteiger partial charge in [-0.1, -0.05) is 6.07 Å². The lowest BCUT2D eigenvalue weighted by molar-refractivity contribution is 0.245. The molecule has 1 aromatic carbocycles. The molecule has 0 saturated carbocycles. The van der Waals surface area contributed by atoms with Crippen molar-refractivity contribution in [3.05, 3.63) is 40.6 Å². The van der Waals surface area contributed by atoms with Gasteiger partial charge in [-0.05, 0) is 12.1 Å². The van der Waals surface area contributed by atoms with Gasteiger partial charge in [-0.2, -0.15) is 14.9 Å². The Morgan fingerprint density at radius 1 is 1.43 bits per heavy atom. The van der Waals surface area contributed by atoms with E-state index >= 15 is 0 Å². The molecule has 0 saturated heterocycles. The van der Waals surface area contributed by atoms with Crippen molar-refractivity contribution in [1.29, 1.82) is 5.26 Å². The predicted octanol–water partition coefficient (Wildman–Crippen LogP) is 0.565. The van der Waals surface area contributed by atoms with Crippen LogP contribution in [0, 0.1) is 11.3 Å². The van der Waals surface area contributed by atoms with Gasteiger partial charge in [-0.25, -0.2) is 14.3 Å². The van der Waals surface area contributed by atoms with E-state index in [0.29, 0.717) is 17.3 Å². The van der Waals surface area contributed by atoms with Crippen LogP contribution in [0.25, 0.3) is 0 Å². The van der Waals surface area contributed by atoms with Gasteiger partial charge in [-0.15, -0.1) is 0 Å². The molecule has 1 amide bonds. The highest BCUT2D eigenvalue weighted by atomic mass is 16.5. The minimum absolute atomic E-state index is 0.180. The van der Waals surface area contributed by atoms with Crippen LogP contribution in [0.4, 0.5) is 10.5 Å². The number of hydrogen-bond acceptors (Lipinski definition) is 5. The monoisotopic (exact) mass is 285 g/mol. The van der Waals surface area contributed by atoms with Gasteiger partial charge in [0, 0.05) is 11.8 Å². The average molecular weight is 285 g/mol. The van der Waals surface area contributed by atoms with Crippen LogP contribution in [0.3, 0.4) is 0 Å². The van der Waals surface area contributed by atoms with Crippen molar-refractivity contribution in [1.82, 2.24) is 14.3 Å². The van der Waals surface area contributed by atoms with Crippen molar-refractivity contribution in [3.8, 4) is 11.8 Å². The lowest BCUT2D eigenvalue weighted by Gasteiger charge is -2.16. The van der Waals surface area contributed by atoms with Gasteiger partial charge in [0.05, 0.1) is 19.7 Å². The molecule has 2 heterocycles. The molecule has 0 N–H and O–H groups in total. The second-order valence-corrected chi connectivity index (χ2v) is 4.41. The lowest BCUT2D eigenvalue weighted by atomic mass is 10.3. The minimum atomic E-state index is -0.592. The molecule has 0 radical (unpaired) electrons. The quantitative estimate of drug-likeness (QED) is 0.821. The van der Waals surface area contributed by atoms with Crippen LogP contribution >= 0.6 is 0 Å². The maximum atomic E-state index is 12.4. The van der Waals surface area contributed by atoms with Crippen molar-refractivity contribution < 1.29 is 9.53 Å². The second-order valence-electron chi connectivity index (χ2n) is 4.41. The van der Waals surface area contributed by atoms with Crippen molar-refractivity contribution in [2.24, 2.45) is 0 Å².